The number of rotatable bonds is 2. The van der Waals surface area contributed by atoms with Gasteiger partial charge in [-0.25, -0.2) is 4.98 Å². The molecule has 2 aliphatic rings. The first kappa shape index (κ1) is 13.8. The van der Waals surface area contributed by atoms with Crippen LogP contribution in [-0.4, -0.2) is 35.3 Å². The zero-order chi connectivity index (χ0) is 14.3. The Morgan fingerprint density at radius 3 is 3.00 bits per heavy atom. The molecule has 4 nitrogen and oxygen atoms in total. The molecule has 2 fully saturated rings. The number of hydrogen-bond donors (Lipinski definition) is 1. The normalized spacial score (nSPS) is 25.6. The number of hydrogen-bond acceptors (Lipinski definition) is 4. The molecule has 20 heavy (non-hydrogen) atoms. The third-order valence-electron chi connectivity index (χ3n) is 4.33. The van der Waals surface area contributed by atoms with Crippen molar-refractivity contribution < 1.29 is 4.74 Å². The first-order valence-electron chi connectivity index (χ1n) is 7.24. The van der Waals surface area contributed by atoms with Gasteiger partial charge in [-0.05, 0) is 44.7 Å². The van der Waals surface area contributed by atoms with Gasteiger partial charge in [-0.1, -0.05) is 12.2 Å². The zero-order valence-electron chi connectivity index (χ0n) is 12.1. The van der Waals surface area contributed by atoms with E-state index in [0.29, 0.717) is 17.1 Å². The van der Waals surface area contributed by atoms with Gasteiger partial charge in [0.15, 0.2) is 0 Å². The Labute approximate surface area is 125 Å². The summed E-state index contributed by atoms with van der Waals surface area (Å²) < 4.78 is 5.88. The average Bonchev–Trinajstić information content (AvgIpc) is 2.84. The van der Waals surface area contributed by atoms with Gasteiger partial charge in [-0.15, -0.1) is 0 Å². The second-order valence-corrected chi connectivity index (χ2v) is 6.18. The molecular weight excluding hydrogens is 270 g/mol. The van der Waals surface area contributed by atoms with Crippen LogP contribution in [0, 0.1) is 13.8 Å². The van der Waals surface area contributed by atoms with Gasteiger partial charge in [-0.3, -0.25) is 0 Å². The topological polar surface area (TPSA) is 51.4 Å². The van der Waals surface area contributed by atoms with E-state index in [1.165, 1.54) is 6.42 Å². The fourth-order valence-corrected chi connectivity index (χ4v) is 3.77. The maximum atomic E-state index is 5.94. The van der Waals surface area contributed by atoms with E-state index in [4.69, 9.17) is 27.7 Å². The molecule has 1 saturated carbocycles. The van der Waals surface area contributed by atoms with Crippen molar-refractivity contribution in [2.75, 3.05) is 18.1 Å². The Morgan fingerprint density at radius 1 is 1.45 bits per heavy atom. The van der Waals surface area contributed by atoms with E-state index in [0.717, 1.165) is 48.6 Å². The number of fused-ring (bicyclic) bond motifs is 1. The summed E-state index contributed by atoms with van der Waals surface area (Å²) in [4.78, 5) is 7.55. The minimum Gasteiger partial charge on any atom is -0.389 e. The molecule has 108 valence electrons. The SMILES string of the molecule is Cc1cc(C)c(C(N)=S)c(N2CCOC3CCCC32)n1. The first-order chi connectivity index (χ1) is 9.58. The highest BCUT2D eigenvalue weighted by Crippen LogP contribution is 2.34. The van der Waals surface area contributed by atoms with Crippen molar-refractivity contribution in [3.63, 3.8) is 0 Å². The summed E-state index contributed by atoms with van der Waals surface area (Å²) >= 11 is 5.25. The molecule has 0 amide bonds. The Kier molecular flexibility index (Phi) is 3.65. The number of morpholine rings is 1. The summed E-state index contributed by atoms with van der Waals surface area (Å²) in [5.41, 5.74) is 9.00. The highest BCUT2D eigenvalue weighted by atomic mass is 32.1. The fourth-order valence-electron chi connectivity index (χ4n) is 3.52. The van der Waals surface area contributed by atoms with Crippen LogP contribution in [-0.2, 0) is 4.74 Å². The molecule has 1 aromatic rings. The molecule has 2 heterocycles. The van der Waals surface area contributed by atoms with Gasteiger partial charge in [0.25, 0.3) is 0 Å². The van der Waals surface area contributed by atoms with Crippen LogP contribution in [0.25, 0.3) is 0 Å². The zero-order valence-corrected chi connectivity index (χ0v) is 12.9. The van der Waals surface area contributed by atoms with Crippen molar-refractivity contribution in [3.8, 4) is 0 Å². The van der Waals surface area contributed by atoms with Gasteiger partial charge in [0.05, 0.1) is 24.3 Å². The summed E-state index contributed by atoms with van der Waals surface area (Å²) in [6, 6.07) is 2.47. The summed E-state index contributed by atoms with van der Waals surface area (Å²) in [5, 5.41) is 0. The molecule has 5 heteroatoms. The molecule has 1 saturated heterocycles. The van der Waals surface area contributed by atoms with E-state index in [1.54, 1.807) is 0 Å². The predicted octanol–water partition coefficient (Wildman–Crippen LogP) is 2.09. The third kappa shape index (κ3) is 2.29. The maximum absolute atomic E-state index is 5.94. The number of thiocarbonyl (C=S) groups is 1. The van der Waals surface area contributed by atoms with Gasteiger partial charge in [-0.2, -0.15) is 0 Å². The number of anilines is 1. The van der Waals surface area contributed by atoms with Crippen LogP contribution in [0.2, 0.25) is 0 Å². The van der Waals surface area contributed by atoms with Gasteiger partial charge in [0.2, 0.25) is 0 Å². The Hall–Kier alpha value is -1.20. The van der Waals surface area contributed by atoms with Gasteiger partial charge < -0.3 is 15.4 Å². The van der Waals surface area contributed by atoms with Crippen LogP contribution in [0.1, 0.15) is 36.1 Å². The quantitative estimate of drug-likeness (QED) is 0.846. The van der Waals surface area contributed by atoms with Crippen LogP contribution < -0.4 is 10.6 Å². The minimum absolute atomic E-state index is 0.338. The molecule has 2 N–H and O–H groups in total. The summed E-state index contributed by atoms with van der Waals surface area (Å²) in [5.74, 6) is 0.954. The number of aromatic nitrogens is 1. The maximum Gasteiger partial charge on any atom is 0.139 e. The van der Waals surface area contributed by atoms with E-state index >= 15 is 0 Å². The molecule has 1 aliphatic heterocycles. The second kappa shape index (κ2) is 5.30. The molecule has 1 aromatic heterocycles. The monoisotopic (exact) mass is 291 g/mol. The molecule has 3 rings (SSSR count). The van der Waals surface area contributed by atoms with Gasteiger partial charge in [0, 0.05) is 12.2 Å². The van der Waals surface area contributed by atoms with Crippen LogP contribution in [0.15, 0.2) is 6.07 Å². The van der Waals surface area contributed by atoms with E-state index in [1.807, 2.05) is 13.0 Å². The molecule has 2 atom stereocenters. The summed E-state index contributed by atoms with van der Waals surface area (Å²) in [7, 11) is 0. The molecule has 0 bridgehead atoms. The Bertz CT molecular complexity index is 546. The summed E-state index contributed by atoms with van der Waals surface area (Å²) in [6.07, 6.45) is 3.87. The number of nitrogens with zero attached hydrogens (tertiary/aromatic N) is 2. The van der Waals surface area contributed by atoms with Gasteiger partial charge in [0.1, 0.15) is 10.8 Å². The number of aryl methyl sites for hydroxylation is 2. The smallest absolute Gasteiger partial charge is 0.139 e. The van der Waals surface area contributed by atoms with Gasteiger partial charge >= 0.3 is 0 Å². The number of ether oxygens (including phenoxy) is 1. The number of pyridine rings is 1. The largest absolute Gasteiger partial charge is 0.389 e. The highest BCUT2D eigenvalue weighted by molar-refractivity contribution is 7.80. The highest BCUT2D eigenvalue weighted by Gasteiger charge is 2.37. The molecule has 0 spiro atoms. The second-order valence-electron chi connectivity index (χ2n) is 5.74. The fraction of sp³-hybridized carbons (Fsp3) is 0.600. The van der Waals surface area contributed by atoms with E-state index < -0.39 is 0 Å². The van der Waals surface area contributed by atoms with Crippen LogP contribution in [0.4, 0.5) is 5.82 Å². The lowest BCUT2D eigenvalue weighted by atomic mass is 10.1. The van der Waals surface area contributed by atoms with Crippen molar-refractivity contribution in [1.29, 1.82) is 0 Å². The van der Waals surface area contributed by atoms with Crippen molar-refractivity contribution in [2.24, 2.45) is 5.73 Å². The minimum atomic E-state index is 0.338. The van der Waals surface area contributed by atoms with Crippen LogP contribution in [0.5, 0.6) is 0 Å². The standard InChI is InChI=1S/C15H21N3OS/c1-9-8-10(2)17-15(13(9)14(16)20)18-6-7-19-12-5-3-4-11(12)18/h8,11-12H,3-7H2,1-2H3,(H2,16,20). The van der Waals surface area contributed by atoms with Crippen LogP contribution in [0.3, 0.4) is 0 Å². The van der Waals surface area contributed by atoms with Crippen LogP contribution >= 0.6 is 12.2 Å². The molecule has 0 aromatic carbocycles. The summed E-state index contributed by atoms with van der Waals surface area (Å²) in [6.45, 7) is 5.70. The van der Waals surface area contributed by atoms with Crippen molar-refractivity contribution in [2.45, 2.75) is 45.3 Å². The van der Waals surface area contributed by atoms with Crippen molar-refractivity contribution in [3.05, 3.63) is 22.9 Å². The van der Waals surface area contributed by atoms with Crippen molar-refractivity contribution >= 4 is 23.0 Å². The van der Waals surface area contributed by atoms with E-state index in [9.17, 15) is 0 Å². The lowest BCUT2D eigenvalue weighted by Gasteiger charge is -2.39. The third-order valence-corrected chi connectivity index (χ3v) is 4.53. The van der Waals surface area contributed by atoms with E-state index in [-0.39, 0.29) is 0 Å². The van der Waals surface area contributed by atoms with Crippen molar-refractivity contribution in [1.82, 2.24) is 4.98 Å². The Balaban J connectivity index is 2.06. The predicted molar refractivity (Wildman–Crippen MR) is 84.3 cm³/mol. The average molecular weight is 291 g/mol. The lowest BCUT2D eigenvalue weighted by molar-refractivity contribution is 0.0253. The lowest BCUT2D eigenvalue weighted by Crippen LogP contribution is -2.49. The molecule has 0 radical (unpaired) electrons. The Morgan fingerprint density at radius 2 is 2.25 bits per heavy atom. The molecule has 2 unspecified atom stereocenters. The first-order valence-corrected chi connectivity index (χ1v) is 7.65. The van der Waals surface area contributed by atoms with E-state index in [2.05, 4.69) is 11.8 Å². The number of nitrogens with two attached hydrogens (primary N) is 1. The molecule has 1 aliphatic carbocycles. The molecular formula is C15H21N3OS.